The van der Waals surface area contributed by atoms with Gasteiger partial charge < -0.3 is 15.4 Å². The molecule has 1 heterocycles. The van der Waals surface area contributed by atoms with Crippen LogP contribution in [-0.2, 0) is 6.61 Å². The molecule has 0 saturated heterocycles. The molecule has 0 atom stereocenters. The highest BCUT2D eigenvalue weighted by atomic mass is 16.3. The Balaban J connectivity index is 2.10. The van der Waals surface area contributed by atoms with Crippen LogP contribution in [0.1, 0.15) is 16.1 Å². The highest BCUT2D eigenvalue weighted by Crippen LogP contribution is 2.10. The van der Waals surface area contributed by atoms with Crippen LogP contribution in [0.15, 0.2) is 41.5 Å². The van der Waals surface area contributed by atoms with Crippen LogP contribution in [0.2, 0.25) is 0 Å². The molecule has 18 heavy (non-hydrogen) atoms. The average molecular weight is 245 g/mol. The molecule has 6 nitrogen and oxygen atoms in total. The fourth-order valence-electron chi connectivity index (χ4n) is 1.35. The number of hydrogen-bond donors (Lipinski definition) is 3. The van der Waals surface area contributed by atoms with Gasteiger partial charge in [-0.3, -0.25) is 9.59 Å². The maximum Gasteiger partial charge on any atom is 0.275 e. The van der Waals surface area contributed by atoms with Gasteiger partial charge in [-0.15, -0.1) is 0 Å². The van der Waals surface area contributed by atoms with Crippen LogP contribution in [0.4, 0.5) is 5.69 Å². The quantitative estimate of drug-likeness (QED) is 0.734. The lowest BCUT2D eigenvalue weighted by Crippen LogP contribution is -2.16. The Labute approximate surface area is 102 Å². The van der Waals surface area contributed by atoms with Gasteiger partial charge in [0.25, 0.3) is 11.5 Å². The monoisotopic (exact) mass is 245 g/mol. The lowest BCUT2D eigenvalue weighted by atomic mass is 10.2. The number of amides is 1. The second-order valence-electron chi connectivity index (χ2n) is 3.61. The van der Waals surface area contributed by atoms with E-state index in [1.807, 2.05) is 0 Å². The van der Waals surface area contributed by atoms with Crippen LogP contribution in [0.3, 0.4) is 0 Å². The first kappa shape index (κ1) is 12.0. The molecule has 1 aromatic heterocycles. The van der Waals surface area contributed by atoms with Crippen molar-refractivity contribution in [1.29, 1.82) is 0 Å². The van der Waals surface area contributed by atoms with Gasteiger partial charge in [-0.25, -0.2) is 4.98 Å². The highest BCUT2D eigenvalue weighted by molar-refractivity contribution is 6.02. The number of anilines is 1. The number of aliphatic hydroxyl groups is 1. The predicted molar refractivity (Wildman–Crippen MR) is 65.2 cm³/mol. The second-order valence-corrected chi connectivity index (χ2v) is 3.61. The van der Waals surface area contributed by atoms with Gasteiger partial charge in [0.05, 0.1) is 12.8 Å². The number of aliphatic hydroxyl groups excluding tert-OH is 1. The van der Waals surface area contributed by atoms with Gasteiger partial charge in [-0.1, -0.05) is 12.1 Å². The van der Waals surface area contributed by atoms with Crippen LogP contribution < -0.4 is 10.9 Å². The molecule has 92 valence electrons. The predicted octanol–water partition coefficient (Wildman–Crippen LogP) is 0.514. The number of H-pyrrole nitrogens is 1. The van der Waals surface area contributed by atoms with Crippen LogP contribution in [0.25, 0.3) is 0 Å². The molecule has 0 bridgehead atoms. The lowest BCUT2D eigenvalue weighted by molar-refractivity contribution is 0.102. The van der Waals surface area contributed by atoms with Crippen molar-refractivity contribution in [2.24, 2.45) is 0 Å². The summed E-state index contributed by atoms with van der Waals surface area (Å²) in [7, 11) is 0. The van der Waals surface area contributed by atoms with Crippen LogP contribution in [0, 0.1) is 0 Å². The van der Waals surface area contributed by atoms with E-state index in [1.54, 1.807) is 24.3 Å². The first-order valence-electron chi connectivity index (χ1n) is 5.25. The molecule has 0 radical (unpaired) electrons. The van der Waals surface area contributed by atoms with E-state index in [0.717, 1.165) is 11.8 Å². The minimum absolute atomic E-state index is 0.0459. The van der Waals surface area contributed by atoms with E-state index in [0.29, 0.717) is 5.69 Å². The third-order valence-corrected chi connectivity index (χ3v) is 2.30. The van der Waals surface area contributed by atoms with Crippen LogP contribution >= 0.6 is 0 Å². The third kappa shape index (κ3) is 2.80. The summed E-state index contributed by atoms with van der Waals surface area (Å²) in [6, 6.07) is 6.76. The number of aromatic nitrogens is 2. The van der Waals surface area contributed by atoms with Gasteiger partial charge in [0.15, 0.2) is 0 Å². The lowest BCUT2D eigenvalue weighted by Gasteiger charge is -2.04. The minimum atomic E-state index is -0.414. The maximum atomic E-state index is 11.7. The van der Waals surface area contributed by atoms with Crippen molar-refractivity contribution >= 4 is 11.6 Å². The number of rotatable bonds is 3. The Kier molecular flexibility index (Phi) is 3.49. The summed E-state index contributed by atoms with van der Waals surface area (Å²) in [5.41, 5.74) is 1.11. The maximum absolute atomic E-state index is 11.7. The molecule has 0 fully saturated rings. The molecule has 3 N–H and O–H groups in total. The minimum Gasteiger partial charge on any atom is -0.392 e. The number of carbonyl (C=O) groups is 1. The number of aromatic amines is 1. The normalized spacial score (nSPS) is 10.1. The Morgan fingerprint density at radius 1 is 1.33 bits per heavy atom. The number of benzene rings is 1. The first-order chi connectivity index (χ1) is 8.69. The van der Waals surface area contributed by atoms with Crippen LogP contribution in [-0.4, -0.2) is 21.0 Å². The molecule has 6 heteroatoms. The summed E-state index contributed by atoms with van der Waals surface area (Å²) in [6.45, 7) is -0.0459. The SMILES string of the molecule is O=C(Nc1ccc(CO)cc1)c1c[nH]c(=O)cn1. The van der Waals surface area contributed by atoms with Crippen molar-refractivity contribution in [1.82, 2.24) is 9.97 Å². The van der Waals surface area contributed by atoms with Crippen molar-refractivity contribution < 1.29 is 9.90 Å². The summed E-state index contributed by atoms with van der Waals surface area (Å²) in [5.74, 6) is -0.414. The van der Waals surface area contributed by atoms with E-state index in [2.05, 4.69) is 15.3 Å². The summed E-state index contributed by atoms with van der Waals surface area (Å²) in [5, 5.41) is 11.5. The van der Waals surface area contributed by atoms with Crippen molar-refractivity contribution in [3.05, 3.63) is 58.3 Å². The van der Waals surface area contributed by atoms with Gasteiger partial charge >= 0.3 is 0 Å². The first-order valence-corrected chi connectivity index (χ1v) is 5.25. The van der Waals surface area contributed by atoms with E-state index in [-0.39, 0.29) is 17.9 Å². The van der Waals surface area contributed by atoms with E-state index in [9.17, 15) is 9.59 Å². The fourth-order valence-corrected chi connectivity index (χ4v) is 1.35. The summed E-state index contributed by atoms with van der Waals surface area (Å²) in [4.78, 5) is 28.6. The van der Waals surface area contributed by atoms with Gasteiger partial charge in [0, 0.05) is 11.9 Å². The molecule has 0 aliphatic heterocycles. The molecule has 2 aromatic rings. The van der Waals surface area contributed by atoms with E-state index in [4.69, 9.17) is 5.11 Å². The molecule has 1 amide bonds. The summed E-state index contributed by atoms with van der Waals surface area (Å²) in [6.07, 6.45) is 2.30. The van der Waals surface area contributed by atoms with E-state index < -0.39 is 5.91 Å². The highest BCUT2D eigenvalue weighted by Gasteiger charge is 2.07. The Morgan fingerprint density at radius 3 is 2.61 bits per heavy atom. The topological polar surface area (TPSA) is 95.1 Å². The Hall–Kier alpha value is -2.47. The standard InChI is InChI=1S/C12H11N3O3/c16-7-8-1-3-9(4-2-8)15-12(18)10-5-14-11(17)6-13-10/h1-6,16H,7H2,(H,14,17)(H,15,18). The number of hydrogen-bond acceptors (Lipinski definition) is 4. The zero-order valence-corrected chi connectivity index (χ0v) is 9.38. The fraction of sp³-hybridized carbons (Fsp3) is 0.0833. The molecule has 0 unspecified atom stereocenters. The molecule has 2 rings (SSSR count). The second kappa shape index (κ2) is 5.24. The van der Waals surface area contributed by atoms with Gasteiger partial charge in [0.1, 0.15) is 5.69 Å². The number of nitrogens with one attached hydrogen (secondary N) is 2. The zero-order chi connectivity index (χ0) is 13.0. The summed E-state index contributed by atoms with van der Waals surface area (Å²) < 4.78 is 0. The Bertz CT molecular complexity index is 584. The molecular weight excluding hydrogens is 234 g/mol. The molecule has 0 spiro atoms. The molecule has 0 saturated carbocycles. The summed E-state index contributed by atoms with van der Waals surface area (Å²) >= 11 is 0. The van der Waals surface area contributed by atoms with Crippen molar-refractivity contribution in [2.75, 3.05) is 5.32 Å². The molecule has 0 aliphatic carbocycles. The molecule has 0 aliphatic rings. The zero-order valence-electron chi connectivity index (χ0n) is 9.38. The number of nitrogens with zero attached hydrogens (tertiary/aromatic N) is 1. The van der Waals surface area contributed by atoms with Crippen molar-refractivity contribution in [2.45, 2.75) is 6.61 Å². The molecule has 1 aromatic carbocycles. The Morgan fingerprint density at radius 2 is 2.06 bits per heavy atom. The number of carbonyl (C=O) groups excluding carboxylic acids is 1. The third-order valence-electron chi connectivity index (χ3n) is 2.30. The molecular formula is C12H11N3O3. The van der Waals surface area contributed by atoms with Crippen molar-refractivity contribution in [3.63, 3.8) is 0 Å². The average Bonchev–Trinajstić information content (AvgIpc) is 2.40. The van der Waals surface area contributed by atoms with Gasteiger partial charge in [-0.05, 0) is 17.7 Å². The van der Waals surface area contributed by atoms with E-state index >= 15 is 0 Å². The van der Waals surface area contributed by atoms with Gasteiger partial charge in [-0.2, -0.15) is 0 Å². The van der Waals surface area contributed by atoms with Crippen molar-refractivity contribution in [3.8, 4) is 0 Å². The largest absolute Gasteiger partial charge is 0.392 e. The van der Waals surface area contributed by atoms with Crippen LogP contribution in [0.5, 0.6) is 0 Å². The van der Waals surface area contributed by atoms with Gasteiger partial charge in [0.2, 0.25) is 0 Å². The smallest absolute Gasteiger partial charge is 0.275 e. The van der Waals surface area contributed by atoms with E-state index in [1.165, 1.54) is 6.20 Å².